The van der Waals surface area contributed by atoms with Gasteiger partial charge < -0.3 is 4.74 Å². The quantitative estimate of drug-likeness (QED) is 0.856. The van der Waals surface area contributed by atoms with Crippen LogP contribution in [0.25, 0.3) is 0 Å². The van der Waals surface area contributed by atoms with Crippen LogP contribution in [0.3, 0.4) is 0 Å². The molecule has 1 N–H and O–H groups in total. The Balaban J connectivity index is 2.25. The summed E-state index contributed by atoms with van der Waals surface area (Å²) in [5.41, 5.74) is 0.908. The average molecular weight is 327 g/mol. The number of nitrogens with one attached hydrogen (secondary N) is 1. The van der Waals surface area contributed by atoms with E-state index >= 15 is 0 Å². The molecule has 2 rings (SSSR count). The van der Waals surface area contributed by atoms with Crippen molar-refractivity contribution in [2.45, 2.75) is 18.7 Å². The predicted octanol–water partition coefficient (Wildman–Crippen LogP) is 3.24. The molecule has 0 fully saturated rings. The van der Waals surface area contributed by atoms with Crippen molar-refractivity contribution in [2.24, 2.45) is 0 Å². The number of rotatable bonds is 5. The van der Waals surface area contributed by atoms with Crippen molar-refractivity contribution >= 4 is 27.3 Å². The van der Waals surface area contributed by atoms with E-state index in [-0.39, 0.29) is 4.90 Å². The van der Waals surface area contributed by atoms with Gasteiger partial charge in [-0.05, 0) is 50.2 Å². The first-order chi connectivity index (χ1) is 9.92. The molecule has 5 nitrogen and oxygen atoms in total. The number of pyridine rings is 1. The lowest BCUT2D eigenvalue weighted by molar-refractivity contribution is 0.340. The first-order valence-corrected chi connectivity index (χ1v) is 8.17. The van der Waals surface area contributed by atoms with Crippen molar-refractivity contribution in [3.05, 3.63) is 47.2 Å². The predicted molar refractivity (Wildman–Crippen MR) is 82.4 cm³/mol. The van der Waals surface area contributed by atoms with Gasteiger partial charge in [0.1, 0.15) is 10.9 Å². The van der Waals surface area contributed by atoms with Crippen LogP contribution in [0, 0.1) is 6.92 Å². The minimum Gasteiger partial charge on any atom is -0.494 e. The van der Waals surface area contributed by atoms with Crippen LogP contribution in [0.1, 0.15) is 12.6 Å². The number of ether oxygens (including phenoxy) is 1. The molecule has 1 aromatic heterocycles. The van der Waals surface area contributed by atoms with Crippen molar-refractivity contribution in [1.82, 2.24) is 4.98 Å². The van der Waals surface area contributed by atoms with E-state index in [0.717, 1.165) is 0 Å². The molecule has 0 bridgehead atoms. The summed E-state index contributed by atoms with van der Waals surface area (Å²) in [5, 5.41) is 0.316. The second-order valence-electron chi connectivity index (χ2n) is 4.28. The Morgan fingerprint density at radius 2 is 1.86 bits per heavy atom. The summed E-state index contributed by atoms with van der Waals surface area (Å²) in [5.74, 6) is 0.626. The van der Waals surface area contributed by atoms with Gasteiger partial charge in [0.05, 0.1) is 22.9 Å². The van der Waals surface area contributed by atoms with Gasteiger partial charge >= 0.3 is 0 Å². The zero-order valence-corrected chi connectivity index (χ0v) is 13.2. The summed E-state index contributed by atoms with van der Waals surface area (Å²) in [7, 11) is -3.67. The number of benzene rings is 1. The maximum atomic E-state index is 12.3. The molecule has 0 saturated heterocycles. The van der Waals surface area contributed by atoms with E-state index in [1.807, 2.05) is 6.92 Å². The zero-order valence-electron chi connectivity index (χ0n) is 11.6. The first kappa shape index (κ1) is 15.6. The number of aromatic nitrogens is 1. The molecule has 0 amide bonds. The summed E-state index contributed by atoms with van der Waals surface area (Å²) in [6, 6.07) is 9.33. The van der Waals surface area contributed by atoms with Crippen molar-refractivity contribution in [1.29, 1.82) is 0 Å². The standard InChI is InChI=1S/C14H15ClN2O3S/c1-3-20-11-4-6-12(7-5-11)21(18,19)17-13-8-9-14(15)16-10(13)2/h4-9,17H,3H2,1-2H3. The number of anilines is 1. The molecule has 0 saturated carbocycles. The van der Waals surface area contributed by atoms with Crippen LogP contribution in [-0.2, 0) is 10.0 Å². The Morgan fingerprint density at radius 3 is 2.43 bits per heavy atom. The van der Waals surface area contributed by atoms with Crippen LogP contribution in [0.15, 0.2) is 41.3 Å². The Morgan fingerprint density at radius 1 is 1.19 bits per heavy atom. The molecule has 7 heteroatoms. The highest BCUT2D eigenvalue weighted by molar-refractivity contribution is 7.92. The molecule has 0 spiro atoms. The third kappa shape index (κ3) is 3.86. The second-order valence-corrected chi connectivity index (χ2v) is 6.35. The van der Waals surface area contributed by atoms with Crippen LogP contribution in [-0.4, -0.2) is 20.0 Å². The summed E-state index contributed by atoms with van der Waals surface area (Å²) >= 11 is 5.75. The van der Waals surface area contributed by atoms with Gasteiger partial charge in [0.2, 0.25) is 0 Å². The van der Waals surface area contributed by atoms with Crippen molar-refractivity contribution in [3.8, 4) is 5.75 Å². The summed E-state index contributed by atoms with van der Waals surface area (Å²) in [4.78, 5) is 4.16. The van der Waals surface area contributed by atoms with E-state index in [4.69, 9.17) is 16.3 Å². The minimum atomic E-state index is -3.67. The molecule has 0 atom stereocenters. The maximum absolute atomic E-state index is 12.3. The van der Waals surface area contributed by atoms with E-state index in [1.165, 1.54) is 18.2 Å². The molecule has 2 aromatic rings. The Bertz CT molecular complexity index is 730. The molecule has 0 aliphatic heterocycles. The molecule has 112 valence electrons. The Hall–Kier alpha value is -1.79. The smallest absolute Gasteiger partial charge is 0.261 e. The Labute approximate surface area is 129 Å². The molecule has 0 aliphatic rings. The number of hydrogen-bond donors (Lipinski definition) is 1. The molecule has 0 radical (unpaired) electrons. The number of sulfonamides is 1. The van der Waals surface area contributed by atoms with Gasteiger partial charge in [-0.1, -0.05) is 11.6 Å². The van der Waals surface area contributed by atoms with E-state index in [0.29, 0.717) is 28.9 Å². The molecule has 0 aliphatic carbocycles. The molecule has 0 unspecified atom stereocenters. The van der Waals surface area contributed by atoms with Crippen LogP contribution in [0.5, 0.6) is 5.75 Å². The lowest BCUT2D eigenvalue weighted by Gasteiger charge is -2.10. The van der Waals surface area contributed by atoms with Crippen molar-refractivity contribution in [2.75, 3.05) is 11.3 Å². The number of nitrogens with zero attached hydrogens (tertiary/aromatic N) is 1. The fraction of sp³-hybridized carbons (Fsp3) is 0.214. The number of hydrogen-bond acceptors (Lipinski definition) is 4. The van der Waals surface area contributed by atoms with Gasteiger partial charge in [0, 0.05) is 0 Å². The molecule has 21 heavy (non-hydrogen) atoms. The zero-order chi connectivity index (χ0) is 15.5. The average Bonchev–Trinajstić information content (AvgIpc) is 2.43. The van der Waals surface area contributed by atoms with Gasteiger partial charge in [-0.2, -0.15) is 0 Å². The van der Waals surface area contributed by atoms with Crippen LogP contribution < -0.4 is 9.46 Å². The van der Waals surface area contributed by atoms with Gasteiger partial charge in [-0.3, -0.25) is 4.72 Å². The SMILES string of the molecule is CCOc1ccc(S(=O)(=O)Nc2ccc(Cl)nc2C)cc1. The normalized spacial score (nSPS) is 11.2. The van der Waals surface area contributed by atoms with E-state index < -0.39 is 10.0 Å². The summed E-state index contributed by atoms with van der Waals surface area (Å²) < 4.78 is 32.4. The van der Waals surface area contributed by atoms with Gasteiger partial charge in [0.25, 0.3) is 10.0 Å². The molecule has 1 aromatic carbocycles. The highest BCUT2D eigenvalue weighted by Gasteiger charge is 2.15. The highest BCUT2D eigenvalue weighted by Crippen LogP contribution is 2.21. The topological polar surface area (TPSA) is 68.3 Å². The van der Waals surface area contributed by atoms with Crippen molar-refractivity contribution < 1.29 is 13.2 Å². The second kappa shape index (κ2) is 6.32. The number of aryl methyl sites for hydroxylation is 1. The van der Waals surface area contributed by atoms with E-state index in [2.05, 4.69) is 9.71 Å². The lowest BCUT2D eigenvalue weighted by atomic mass is 10.3. The lowest BCUT2D eigenvalue weighted by Crippen LogP contribution is -2.14. The monoisotopic (exact) mass is 326 g/mol. The third-order valence-electron chi connectivity index (χ3n) is 2.74. The van der Waals surface area contributed by atoms with Crippen LogP contribution in [0.2, 0.25) is 5.15 Å². The Kier molecular flexibility index (Phi) is 4.69. The fourth-order valence-corrected chi connectivity index (χ4v) is 3.03. The highest BCUT2D eigenvalue weighted by atomic mass is 35.5. The van der Waals surface area contributed by atoms with Crippen molar-refractivity contribution in [3.63, 3.8) is 0 Å². The summed E-state index contributed by atoms with van der Waals surface area (Å²) in [6.07, 6.45) is 0. The van der Waals surface area contributed by atoms with Crippen LogP contribution >= 0.6 is 11.6 Å². The molecule has 1 heterocycles. The minimum absolute atomic E-state index is 0.153. The van der Waals surface area contributed by atoms with E-state index in [9.17, 15) is 8.42 Å². The molecular formula is C14H15ClN2O3S. The largest absolute Gasteiger partial charge is 0.494 e. The fourth-order valence-electron chi connectivity index (χ4n) is 1.72. The first-order valence-electron chi connectivity index (χ1n) is 6.31. The van der Waals surface area contributed by atoms with Gasteiger partial charge in [-0.15, -0.1) is 0 Å². The van der Waals surface area contributed by atoms with E-state index in [1.54, 1.807) is 25.1 Å². The number of halogens is 1. The summed E-state index contributed by atoms with van der Waals surface area (Å²) in [6.45, 7) is 4.07. The van der Waals surface area contributed by atoms with Crippen LogP contribution in [0.4, 0.5) is 5.69 Å². The third-order valence-corrected chi connectivity index (χ3v) is 4.33. The van der Waals surface area contributed by atoms with Gasteiger partial charge in [-0.25, -0.2) is 13.4 Å². The van der Waals surface area contributed by atoms with Gasteiger partial charge in [0.15, 0.2) is 0 Å². The maximum Gasteiger partial charge on any atom is 0.261 e. The molecular weight excluding hydrogens is 312 g/mol.